The van der Waals surface area contributed by atoms with Crippen molar-refractivity contribution in [3.8, 4) is 0 Å². The normalized spacial score (nSPS) is 12.6. The fraction of sp³-hybridized carbons (Fsp3) is 1.00. The molecule has 0 saturated carbocycles. The van der Waals surface area contributed by atoms with Crippen LogP contribution in [0.15, 0.2) is 0 Å². The summed E-state index contributed by atoms with van der Waals surface area (Å²) in [6, 6.07) is 0. The van der Waals surface area contributed by atoms with Crippen LogP contribution in [0.2, 0.25) is 0 Å². The van der Waals surface area contributed by atoms with Gasteiger partial charge in [-0.1, -0.05) is 194 Å². The zero-order valence-electron chi connectivity index (χ0n) is 28.1. The highest BCUT2D eigenvalue weighted by atomic mass is 32.8. The van der Waals surface area contributed by atoms with Crippen LogP contribution in [0.1, 0.15) is 213 Å². The van der Waals surface area contributed by atoms with Gasteiger partial charge in [0.15, 0.2) is 0 Å². The number of unbranched alkanes of at least 4 members (excludes halogenated alkanes) is 27. The van der Waals surface area contributed by atoms with E-state index < -0.39 is 17.2 Å². The Hall–Kier alpha value is 0.700. The van der Waals surface area contributed by atoms with E-state index >= 15 is 0 Å². The predicted octanol–water partition coefficient (Wildman–Crippen LogP) is 13.8. The van der Waals surface area contributed by atoms with E-state index in [0.29, 0.717) is 0 Å². The van der Waals surface area contributed by atoms with Crippen molar-refractivity contribution in [1.29, 1.82) is 0 Å². The molecule has 40 heavy (non-hydrogen) atoms. The predicted molar refractivity (Wildman–Crippen MR) is 189 cm³/mol. The standard InChI is InChI=1S/C36H77O2PS/c1-4-7-10-13-16-19-22-25-28-31-34-40(39(37)38,35-32-29-26-23-20-17-14-11-8-5-2)36-33-30-27-24-21-18-15-12-9-6-3/h37-38H,4-36H2,1-3H3. The van der Waals surface area contributed by atoms with Crippen LogP contribution in [0.4, 0.5) is 0 Å². The minimum atomic E-state index is -1.77. The Morgan fingerprint density at radius 1 is 0.300 bits per heavy atom. The molecule has 0 radical (unpaired) electrons. The van der Waals surface area contributed by atoms with Gasteiger partial charge < -0.3 is 9.79 Å². The van der Waals surface area contributed by atoms with Gasteiger partial charge in [-0.15, -0.1) is 0 Å². The van der Waals surface area contributed by atoms with Crippen molar-refractivity contribution in [3.05, 3.63) is 0 Å². The van der Waals surface area contributed by atoms with Crippen molar-refractivity contribution in [2.24, 2.45) is 0 Å². The van der Waals surface area contributed by atoms with Crippen LogP contribution in [0.25, 0.3) is 0 Å². The lowest BCUT2D eigenvalue weighted by Gasteiger charge is -2.41. The first-order valence-electron chi connectivity index (χ1n) is 18.6. The number of rotatable bonds is 34. The van der Waals surface area contributed by atoms with E-state index in [1.165, 1.54) is 193 Å². The van der Waals surface area contributed by atoms with Crippen molar-refractivity contribution in [3.63, 3.8) is 0 Å². The van der Waals surface area contributed by atoms with Crippen molar-refractivity contribution in [2.75, 3.05) is 17.3 Å². The lowest BCUT2D eigenvalue weighted by molar-refractivity contribution is 0.503. The van der Waals surface area contributed by atoms with Gasteiger partial charge in [-0.3, -0.25) is 0 Å². The van der Waals surface area contributed by atoms with E-state index in [-0.39, 0.29) is 0 Å². The smallest absolute Gasteiger partial charge is 0.214 e. The molecule has 0 amide bonds. The van der Waals surface area contributed by atoms with Gasteiger partial charge in [0.2, 0.25) is 7.58 Å². The summed E-state index contributed by atoms with van der Waals surface area (Å²) in [5.41, 5.74) is 0. The zero-order valence-corrected chi connectivity index (χ0v) is 29.8. The van der Waals surface area contributed by atoms with Crippen LogP contribution in [0, 0.1) is 0 Å². The summed E-state index contributed by atoms with van der Waals surface area (Å²) in [7, 11) is -3.03. The lowest BCUT2D eigenvalue weighted by Crippen LogP contribution is -2.13. The molecule has 4 heteroatoms. The summed E-state index contributed by atoms with van der Waals surface area (Å²) >= 11 is 0. The number of hydrogen-bond donors (Lipinski definition) is 2. The molecule has 0 aliphatic heterocycles. The lowest BCUT2D eigenvalue weighted by atomic mass is 10.1. The summed E-state index contributed by atoms with van der Waals surface area (Å²) in [5, 5.41) is 0. The molecule has 0 saturated heterocycles. The summed E-state index contributed by atoms with van der Waals surface area (Å²) in [4.78, 5) is 21.5. The van der Waals surface area contributed by atoms with Gasteiger partial charge in [0, 0.05) is 0 Å². The average molecular weight is 605 g/mol. The summed E-state index contributed by atoms with van der Waals surface area (Å²) < 4.78 is 0. The summed E-state index contributed by atoms with van der Waals surface area (Å²) in [5.74, 6) is 3.37. The average Bonchev–Trinajstić information content (AvgIpc) is 2.95. The van der Waals surface area contributed by atoms with Crippen LogP contribution < -0.4 is 0 Å². The van der Waals surface area contributed by atoms with Gasteiger partial charge in [0.25, 0.3) is 0 Å². The third-order valence-corrected chi connectivity index (χ3v) is 16.5. The first-order valence-corrected chi connectivity index (χ1v) is 22.6. The maximum absolute atomic E-state index is 10.8. The van der Waals surface area contributed by atoms with E-state index in [2.05, 4.69) is 20.8 Å². The van der Waals surface area contributed by atoms with Crippen molar-refractivity contribution < 1.29 is 9.79 Å². The van der Waals surface area contributed by atoms with Gasteiger partial charge in [0.05, 0.1) is 0 Å². The molecular weight excluding hydrogens is 527 g/mol. The summed E-state index contributed by atoms with van der Waals surface area (Å²) in [6.07, 6.45) is 40.8. The molecule has 0 aliphatic carbocycles. The molecule has 0 atom stereocenters. The van der Waals surface area contributed by atoms with Gasteiger partial charge in [-0.25, -0.2) is 0 Å². The fourth-order valence-electron chi connectivity index (χ4n) is 6.13. The molecule has 0 unspecified atom stereocenters. The Morgan fingerprint density at radius 2 is 0.475 bits per heavy atom. The second-order valence-electron chi connectivity index (χ2n) is 12.9. The Balaban J connectivity index is 4.38. The maximum atomic E-state index is 10.8. The molecule has 0 fully saturated rings. The van der Waals surface area contributed by atoms with Crippen molar-refractivity contribution in [2.45, 2.75) is 213 Å². The molecule has 0 rings (SSSR count). The van der Waals surface area contributed by atoms with Crippen LogP contribution in [0.5, 0.6) is 0 Å². The van der Waals surface area contributed by atoms with E-state index in [0.717, 1.165) is 17.3 Å². The molecule has 0 aliphatic rings. The minimum Gasteiger partial charge on any atom is -0.343 e. The third-order valence-electron chi connectivity index (χ3n) is 8.98. The molecule has 244 valence electrons. The van der Waals surface area contributed by atoms with Gasteiger partial charge in [-0.2, -0.15) is 9.65 Å². The van der Waals surface area contributed by atoms with Crippen LogP contribution in [-0.2, 0) is 0 Å². The van der Waals surface area contributed by atoms with Gasteiger partial charge >= 0.3 is 0 Å². The molecular formula is C36H77O2PS. The van der Waals surface area contributed by atoms with E-state index in [9.17, 15) is 9.79 Å². The highest BCUT2D eigenvalue weighted by molar-refractivity contribution is 8.74. The van der Waals surface area contributed by atoms with E-state index in [4.69, 9.17) is 0 Å². The summed E-state index contributed by atoms with van der Waals surface area (Å²) in [6.45, 7) is 6.87. The Morgan fingerprint density at radius 3 is 0.650 bits per heavy atom. The molecule has 2 N–H and O–H groups in total. The molecule has 0 aromatic carbocycles. The van der Waals surface area contributed by atoms with Gasteiger partial charge in [-0.05, 0) is 36.5 Å². The first-order chi connectivity index (χ1) is 19.6. The second kappa shape index (κ2) is 32.6. The molecule has 0 heterocycles. The molecule has 0 aromatic heterocycles. The maximum Gasteiger partial charge on any atom is 0.214 e. The molecule has 0 spiro atoms. The van der Waals surface area contributed by atoms with Crippen LogP contribution in [0.3, 0.4) is 0 Å². The molecule has 0 aromatic rings. The van der Waals surface area contributed by atoms with E-state index in [1.807, 2.05) is 0 Å². The van der Waals surface area contributed by atoms with Crippen molar-refractivity contribution >= 4 is 17.2 Å². The molecule has 2 nitrogen and oxygen atoms in total. The Kier molecular flexibility index (Phi) is 33.2. The molecule has 0 bridgehead atoms. The Labute approximate surface area is 257 Å². The first kappa shape index (κ1) is 40.7. The monoisotopic (exact) mass is 605 g/mol. The van der Waals surface area contributed by atoms with Gasteiger partial charge in [0.1, 0.15) is 0 Å². The second-order valence-corrected chi connectivity index (χ2v) is 19.9. The van der Waals surface area contributed by atoms with E-state index in [1.54, 1.807) is 0 Å². The van der Waals surface area contributed by atoms with Crippen molar-refractivity contribution in [1.82, 2.24) is 0 Å². The highest BCUT2D eigenvalue weighted by Gasteiger charge is 2.31. The zero-order chi connectivity index (χ0) is 29.4. The van der Waals surface area contributed by atoms with Crippen LogP contribution in [-0.4, -0.2) is 27.0 Å². The Bertz CT molecular complexity index is 414. The highest BCUT2D eigenvalue weighted by Crippen LogP contribution is 2.72. The number of hydrogen-bond acceptors (Lipinski definition) is 2. The van der Waals surface area contributed by atoms with Crippen LogP contribution >= 0.6 is 17.2 Å². The third kappa shape index (κ3) is 26.3. The fourth-order valence-corrected chi connectivity index (χ4v) is 12.1. The minimum absolute atomic E-state index is 1.12. The SMILES string of the molecule is CCCCCCCCCCCCS(CCCCCCCCCCCC)(CCCCCCCCCCCC)P(O)O. The largest absolute Gasteiger partial charge is 0.343 e. The quantitative estimate of drug-likeness (QED) is 0.0566. The topological polar surface area (TPSA) is 40.5 Å².